The molecule has 1 heterocycles. The molecule has 0 aromatic rings. The van der Waals surface area contributed by atoms with Crippen molar-refractivity contribution in [3.63, 3.8) is 0 Å². The minimum atomic E-state index is 0.420. The molecular weight excluding hydrogens is 136 g/mol. The Morgan fingerprint density at radius 2 is 1.91 bits per heavy atom. The molecule has 0 unspecified atom stereocenters. The number of hydrogen-bond acceptors (Lipinski definition) is 2. The average Bonchev–Trinajstić information content (AvgIpc) is 2.07. The first-order chi connectivity index (χ1) is 5.41. The maximum atomic E-state index is 3.57. The predicted molar refractivity (Wildman–Crippen MR) is 46.1 cm³/mol. The van der Waals surface area contributed by atoms with Crippen molar-refractivity contribution in [3.05, 3.63) is 6.42 Å². The van der Waals surface area contributed by atoms with Crippen molar-refractivity contribution < 1.29 is 0 Å². The van der Waals surface area contributed by atoms with Crippen LogP contribution in [-0.4, -0.2) is 18.8 Å². The van der Waals surface area contributed by atoms with Gasteiger partial charge in [-0.1, -0.05) is 19.3 Å². The Balaban J connectivity index is 1.94. The van der Waals surface area contributed by atoms with E-state index in [0.717, 1.165) is 13.2 Å². The van der Waals surface area contributed by atoms with Crippen LogP contribution in [0.1, 0.15) is 32.1 Å². The lowest BCUT2D eigenvalue weighted by Gasteiger charge is -2.41. The summed E-state index contributed by atoms with van der Waals surface area (Å²) < 4.78 is 0. The van der Waals surface area contributed by atoms with Crippen molar-refractivity contribution >= 4 is 0 Å². The van der Waals surface area contributed by atoms with Crippen LogP contribution in [0.5, 0.6) is 0 Å². The van der Waals surface area contributed by atoms with Crippen molar-refractivity contribution in [1.29, 1.82) is 0 Å². The first-order valence-electron chi connectivity index (χ1n) is 4.71. The molecule has 1 saturated carbocycles. The fourth-order valence-corrected chi connectivity index (χ4v) is 2.21. The van der Waals surface area contributed by atoms with Gasteiger partial charge in [-0.25, -0.2) is 0 Å². The summed E-state index contributed by atoms with van der Waals surface area (Å²) in [5, 5.41) is 6.86. The maximum absolute atomic E-state index is 3.57. The maximum Gasteiger partial charge on any atom is 0.0458 e. The topological polar surface area (TPSA) is 24.1 Å². The van der Waals surface area contributed by atoms with E-state index in [2.05, 4.69) is 17.1 Å². The summed E-state index contributed by atoms with van der Waals surface area (Å²) in [4.78, 5) is 0. The second-order valence-electron chi connectivity index (χ2n) is 3.73. The van der Waals surface area contributed by atoms with Crippen molar-refractivity contribution in [1.82, 2.24) is 10.6 Å². The monoisotopic (exact) mass is 153 g/mol. The molecule has 2 N–H and O–H groups in total. The van der Waals surface area contributed by atoms with Gasteiger partial charge in [0.1, 0.15) is 0 Å². The van der Waals surface area contributed by atoms with Crippen LogP contribution in [-0.2, 0) is 0 Å². The van der Waals surface area contributed by atoms with Crippen LogP contribution in [0.2, 0.25) is 0 Å². The van der Waals surface area contributed by atoms with Crippen LogP contribution >= 0.6 is 0 Å². The van der Waals surface area contributed by atoms with Crippen molar-refractivity contribution in [3.8, 4) is 0 Å². The smallest absolute Gasteiger partial charge is 0.0458 e. The van der Waals surface area contributed by atoms with Gasteiger partial charge in [-0.05, 0) is 19.3 Å². The number of rotatable bonds is 0. The highest BCUT2D eigenvalue weighted by Gasteiger charge is 2.32. The fourth-order valence-electron chi connectivity index (χ4n) is 2.21. The van der Waals surface area contributed by atoms with E-state index in [-0.39, 0.29) is 0 Å². The van der Waals surface area contributed by atoms with Crippen molar-refractivity contribution in [2.75, 3.05) is 13.2 Å². The van der Waals surface area contributed by atoms with Gasteiger partial charge in [-0.15, -0.1) is 0 Å². The zero-order valence-electron chi connectivity index (χ0n) is 7.03. The SMILES string of the molecule is [CH]1CNCNC12CCCCC2. The Kier molecular flexibility index (Phi) is 2.14. The molecule has 1 aliphatic carbocycles. The van der Waals surface area contributed by atoms with E-state index in [9.17, 15) is 0 Å². The van der Waals surface area contributed by atoms with E-state index < -0.39 is 0 Å². The minimum absolute atomic E-state index is 0.420. The van der Waals surface area contributed by atoms with Gasteiger partial charge in [0.25, 0.3) is 0 Å². The predicted octanol–water partition coefficient (Wildman–Crippen LogP) is 1.04. The molecule has 0 atom stereocenters. The molecule has 11 heavy (non-hydrogen) atoms. The minimum Gasteiger partial charge on any atom is -0.304 e. The third-order valence-corrected chi connectivity index (χ3v) is 2.95. The Hall–Kier alpha value is -0.0800. The van der Waals surface area contributed by atoms with Gasteiger partial charge in [0.05, 0.1) is 0 Å². The normalized spacial score (nSPS) is 30.5. The van der Waals surface area contributed by atoms with Gasteiger partial charge in [-0.2, -0.15) is 0 Å². The Labute approximate surface area is 68.7 Å². The molecule has 0 aromatic carbocycles. The third-order valence-electron chi connectivity index (χ3n) is 2.95. The van der Waals surface area contributed by atoms with Crippen LogP contribution in [0.15, 0.2) is 0 Å². The quantitative estimate of drug-likeness (QED) is 0.543. The summed E-state index contributed by atoms with van der Waals surface area (Å²) in [6.45, 7) is 2.09. The number of hydrogen-bond donors (Lipinski definition) is 2. The van der Waals surface area contributed by atoms with Crippen LogP contribution in [0, 0.1) is 6.42 Å². The average molecular weight is 153 g/mol. The Morgan fingerprint density at radius 3 is 2.55 bits per heavy atom. The molecule has 1 aliphatic heterocycles. The molecule has 1 saturated heterocycles. The van der Waals surface area contributed by atoms with Gasteiger partial charge < -0.3 is 5.32 Å². The molecule has 2 heteroatoms. The zero-order chi connectivity index (χ0) is 7.57. The molecule has 1 spiro atoms. The summed E-state index contributed by atoms with van der Waals surface area (Å²) in [5.41, 5.74) is 0.420. The van der Waals surface area contributed by atoms with Gasteiger partial charge in [0, 0.05) is 18.8 Å². The second-order valence-corrected chi connectivity index (χ2v) is 3.73. The first-order valence-corrected chi connectivity index (χ1v) is 4.71. The second kappa shape index (κ2) is 3.11. The highest BCUT2D eigenvalue weighted by Crippen LogP contribution is 2.30. The molecule has 2 rings (SSSR count). The Bertz CT molecular complexity index is 102. The summed E-state index contributed by atoms with van der Waals surface area (Å²) in [7, 11) is 0. The van der Waals surface area contributed by atoms with Crippen LogP contribution in [0.4, 0.5) is 0 Å². The van der Waals surface area contributed by atoms with Gasteiger partial charge >= 0.3 is 0 Å². The van der Waals surface area contributed by atoms with Crippen LogP contribution in [0.25, 0.3) is 0 Å². The van der Waals surface area contributed by atoms with Crippen molar-refractivity contribution in [2.45, 2.75) is 37.6 Å². The van der Waals surface area contributed by atoms with E-state index in [1.54, 1.807) is 0 Å². The standard InChI is InChI=1S/C9H17N2/c1-2-4-9(5-3-1)6-7-10-8-11-9/h6,10-11H,1-5,7-8H2. The van der Waals surface area contributed by atoms with Crippen LogP contribution in [0.3, 0.4) is 0 Å². The lowest BCUT2D eigenvalue weighted by Crippen LogP contribution is -2.56. The van der Waals surface area contributed by atoms with E-state index in [1.165, 1.54) is 32.1 Å². The summed E-state index contributed by atoms with van der Waals surface area (Å²) >= 11 is 0. The molecule has 63 valence electrons. The summed E-state index contributed by atoms with van der Waals surface area (Å²) in [5.74, 6) is 0. The molecule has 2 aliphatic rings. The molecule has 0 aromatic heterocycles. The van der Waals surface area contributed by atoms with Crippen LogP contribution < -0.4 is 10.6 Å². The Morgan fingerprint density at radius 1 is 1.09 bits per heavy atom. The lowest BCUT2D eigenvalue weighted by molar-refractivity contribution is 0.236. The van der Waals surface area contributed by atoms with Gasteiger partial charge in [0.2, 0.25) is 0 Å². The van der Waals surface area contributed by atoms with E-state index in [1.807, 2.05) is 0 Å². The van der Waals surface area contributed by atoms with Crippen molar-refractivity contribution in [2.24, 2.45) is 0 Å². The molecule has 1 radical (unpaired) electrons. The van der Waals surface area contributed by atoms with Gasteiger partial charge in [0.15, 0.2) is 0 Å². The first kappa shape index (κ1) is 7.56. The largest absolute Gasteiger partial charge is 0.304 e. The van der Waals surface area contributed by atoms with Gasteiger partial charge in [-0.3, -0.25) is 5.32 Å². The molecule has 2 nitrogen and oxygen atoms in total. The zero-order valence-corrected chi connectivity index (χ0v) is 7.03. The molecule has 0 amide bonds. The highest BCUT2D eigenvalue weighted by molar-refractivity contribution is 5.04. The third kappa shape index (κ3) is 1.57. The van der Waals surface area contributed by atoms with E-state index in [0.29, 0.717) is 5.54 Å². The molecule has 0 bridgehead atoms. The van der Waals surface area contributed by atoms with E-state index >= 15 is 0 Å². The molecular formula is C9H17N2. The van der Waals surface area contributed by atoms with E-state index in [4.69, 9.17) is 0 Å². The highest BCUT2D eigenvalue weighted by atomic mass is 15.1. The summed E-state index contributed by atoms with van der Waals surface area (Å²) in [6, 6.07) is 0. The lowest BCUT2D eigenvalue weighted by atomic mass is 9.79. The molecule has 2 fully saturated rings. The summed E-state index contributed by atoms with van der Waals surface area (Å²) in [6.07, 6.45) is 9.39. The number of nitrogens with one attached hydrogen (secondary N) is 2. The fraction of sp³-hybridized carbons (Fsp3) is 0.889.